The number of hydrogen-bond donors (Lipinski definition) is 0. The summed E-state index contributed by atoms with van der Waals surface area (Å²) in [6, 6.07) is 9.04. The van der Waals surface area contributed by atoms with Crippen LogP contribution in [0.15, 0.2) is 24.3 Å². The Morgan fingerprint density at radius 2 is 1.50 bits per heavy atom. The molecule has 0 radical (unpaired) electrons. The number of halogens is 1. The smallest absolute Gasteiger partial charge is 0.0420 e. The van der Waals surface area contributed by atoms with E-state index in [9.17, 15) is 0 Å². The van der Waals surface area contributed by atoms with Gasteiger partial charge in [0, 0.05) is 4.83 Å². The van der Waals surface area contributed by atoms with Crippen LogP contribution in [-0.2, 0) is 0 Å². The van der Waals surface area contributed by atoms with Gasteiger partial charge in [-0.2, -0.15) is 0 Å². The lowest BCUT2D eigenvalue weighted by Gasteiger charge is -2.18. The molecule has 1 aromatic carbocycles. The molecule has 0 spiro atoms. The van der Waals surface area contributed by atoms with Gasteiger partial charge in [-0.05, 0) is 29.4 Å². The molecule has 0 aliphatic carbocycles. The highest BCUT2D eigenvalue weighted by molar-refractivity contribution is 9.09. The summed E-state index contributed by atoms with van der Waals surface area (Å²) in [5, 5.41) is 0. The first-order chi connectivity index (χ1) is 7.56. The van der Waals surface area contributed by atoms with Crippen molar-refractivity contribution in [1.82, 2.24) is 0 Å². The summed E-state index contributed by atoms with van der Waals surface area (Å²) in [5.41, 5.74) is 2.83. The molecule has 1 heteroatoms. The highest BCUT2D eigenvalue weighted by Gasteiger charge is 2.15. The zero-order chi connectivity index (χ0) is 12.1. The van der Waals surface area contributed by atoms with E-state index in [4.69, 9.17) is 0 Å². The molecule has 0 aliphatic heterocycles. The maximum atomic E-state index is 3.81. The Morgan fingerprint density at radius 3 is 1.94 bits per heavy atom. The molecule has 0 nitrogen and oxygen atoms in total. The molecule has 1 rings (SSSR count). The average molecular weight is 283 g/mol. The van der Waals surface area contributed by atoms with Crippen molar-refractivity contribution >= 4 is 15.9 Å². The minimum atomic E-state index is 0.494. The summed E-state index contributed by atoms with van der Waals surface area (Å²) in [5.74, 6) is 1.32. The van der Waals surface area contributed by atoms with E-state index >= 15 is 0 Å². The van der Waals surface area contributed by atoms with Gasteiger partial charge < -0.3 is 0 Å². The van der Waals surface area contributed by atoms with Crippen LogP contribution in [-0.4, -0.2) is 0 Å². The quantitative estimate of drug-likeness (QED) is 0.610. The number of hydrogen-bond acceptors (Lipinski definition) is 0. The van der Waals surface area contributed by atoms with Gasteiger partial charge in [0.15, 0.2) is 0 Å². The molecular formula is C15H23Br. The van der Waals surface area contributed by atoms with E-state index in [1.54, 1.807) is 0 Å². The second-order valence-corrected chi connectivity index (χ2v) is 5.98. The molecule has 1 aromatic rings. The van der Waals surface area contributed by atoms with Crippen molar-refractivity contribution in [3.05, 3.63) is 35.4 Å². The first-order valence-electron chi connectivity index (χ1n) is 6.30. The summed E-state index contributed by atoms with van der Waals surface area (Å²) in [6.07, 6.45) is 2.54. The van der Waals surface area contributed by atoms with Crippen molar-refractivity contribution in [1.29, 1.82) is 0 Å². The van der Waals surface area contributed by atoms with Gasteiger partial charge in [-0.3, -0.25) is 0 Å². The average Bonchev–Trinajstić information content (AvgIpc) is 2.28. The third kappa shape index (κ3) is 3.62. The molecule has 90 valence electrons. The van der Waals surface area contributed by atoms with Crippen LogP contribution in [0.3, 0.4) is 0 Å². The standard InChI is InChI=1S/C15H23Br/c1-5-6-12(4)15(16)14-9-7-13(8-10-14)11(2)3/h7-12,15H,5-6H2,1-4H3. The third-order valence-corrected chi connectivity index (χ3v) is 4.60. The molecule has 0 amide bonds. The summed E-state index contributed by atoms with van der Waals surface area (Å²) in [7, 11) is 0. The van der Waals surface area contributed by atoms with E-state index in [-0.39, 0.29) is 0 Å². The van der Waals surface area contributed by atoms with Crippen LogP contribution in [0, 0.1) is 5.92 Å². The number of alkyl halides is 1. The predicted molar refractivity (Wildman–Crippen MR) is 76.3 cm³/mol. The molecular weight excluding hydrogens is 260 g/mol. The van der Waals surface area contributed by atoms with Crippen LogP contribution < -0.4 is 0 Å². The Hall–Kier alpha value is -0.300. The first-order valence-corrected chi connectivity index (χ1v) is 7.21. The lowest BCUT2D eigenvalue weighted by molar-refractivity contribution is 0.518. The Morgan fingerprint density at radius 1 is 1.00 bits per heavy atom. The molecule has 0 aliphatic rings. The second kappa shape index (κ2) is 6.44. The van der Waals surface area contributed by atoms with Crippen LogP contribution >= 0.6 is 15.9 Å². The van der Waals surface area contributed by atoms with Crippen LogP contribution in [0.5, 0.6) is 0 Å². The van der Waals surface area contributed by atoms with Crippen LogP contribution in [0.2, 0.25) is 0 Å². The largest absolute Gasteiger partial charge is 0.0836 e. The van der Waals surface area contributed by atoms with E-state index in [0.29, 0.717) is 16.7 Å². The third-order valence-electron chi connectivity index (χ3n) is 3.17. The highest BCUT2D eigenvalue weighted by Crippen LogP contribution is 2.34. The van der Waals surface area contributed by atoms with E-state index in [0.717, 1.165) is 0 Å². The Kier molecular flexibility index (Phi) is 5.54. The van der Waals surface area contributed by atoms with Crippen molar-refractivity contribution < 1.29 is 0 Å². The summed E-state index contributed by atoms with van der Waals surface area (Å²) in [4.78, 5) is 0.494. The Bertz CT molecular complexity index is 300. The van der Waals surface area contributed by atoms with Gasteiger partial charge in [0.2, 0.25) is 0 Å². The van der Waals surface area contributed by atoms with E-state index in [1.807, 2.05) is 0 Å². The maximum absolute atomic E-state index is 3.81. The predicted octanol–water partition coefficient (Wildman–Crippen LogP) is 5.68. The van der Waals surface area contributed by atoms with Crippen molar-refractivity contribution in [3.63, 3.8) is 0 Å². The highest BCUT2D eigenvalue weighted by atomic mass is 79.9. The normalized spacial score (nSPS) is 15.1. The van der Waals surface area contributed by atoms with Gasteiger partial charge in [-0.1, -0.05) is 74.3 Å². The Balaban J connectivity index is 2.73. The van der Waals surface area contributed by atoms with Crippen molar-refractivity contribution in [2.45, 2.75) is 51.3 Å². The fourth-order valence-electron chi connectivity index (χ4n) is 1.99. The minimum Gasteiger partial charge on any atom is -0.0836 e. The van der Waals surface area contributed by atoms with Gasteiger partial charge in [-0.15, -0.1) is 0 Å². The summed E-state index contributed by atoms with van der Waals surface area (Å²) in [6.45, 7) is 9.04. The minimum absolute atomic E-state index is 0.494. The molecule has 2 atom stereocenters. The van der Waals surface area contributed by atoms with E-state index in [2.05, 4.69) is 67.9 Å². The molecule has 0 heterocycles. The summed E-state index contributed by atoms with van der Waals surface area (Å²) >= 11 is 3.81. The molecule has 0 fully saturated rings. The number of rotatable bonds is 5. The lowest BCUT2D eigenvalue weighted by Crippen LogP contribution is -2.03. The monoisotopic (exact) mass is 282 g/mol. The molecule has 0 saturated heterocycles. The van der Waals surface area contributed by atoms with Crippen molar-refractivity contribution in [2.24, 2.45) is 5.92 Å². The van der Waals surface area contributed by atoms with Crippen molar-refractivity contribution in [3.8, 4) is 0 Å². The fourth-order valence-corrected chi connectivity index (χ4v) is 2.56. The van der Waals surface area contributed by atoms with Crippen LogP contribution in [0.1, 0.15) is 62.4 Å². The van der Waals surface area contributed by atoms with Gasteiger partial charge in [-0.25, -0.2) is 0 Å². The first kappa shape index (κ1) is 13.8. The van der Waals surface area contributed by atoms with Gasteiger partial charge >= 0.3 is 0 Å². The van der Waals surface area contributed by atoms with Gasteiger partial charge in [0.05, 0.1) is 0 Å². The van der Waals surface area contributed by atoms with E-state index in [1.165, 1.54) is 24.0 Å². The summed E-state index contributed by atoms with van der Waals surface area (Å²) < 4.78 is 0. The van der Waals surface area contributed by atoms with Crippen LogP contribution in [0.4, 0.5) is 0 Å². The maximum Gasteiger partial charge on any atom is 0.0420 e. The molecule has 16 heavy (non-hydrogen) atoms. The molecule has 0 N–H and O–H groups in total. The van der Waals surface area contributed by atoms with Crippen molar-refractivity contribution in [2.75, 3.05) is 0 Å². The topological polar surface area (TPSA) is 0 Å². The second-order valence-electron chi connectivity index (χ2n) is 4.99. The molecule has 0 aromatic heterocycles. The fraction of sp³-hybridized carbons (Fsp3) is 0.600. The zero-order valence-electron chi connectivity index (χ0n) is 10.8. The Labute approximate surface area is 109 Å². The molecule has 0 saturated carbocycles. The van der Waals surface area contributed by atoms with Gasteiger partial charge in [0.1, 0.15) is 0 Å². The zero-order valence-corrected chi connectivity index (χ0v) is 12.4. The van der Waals surface area contributed by atoms with Crippen LogP contribution in [0.25, 0.3) is 0 Å². The van der Waals surface area contributed by atoms with Gasteiger partial charge in [0.25, 0.3) is 0 Å². The molecule has 2 unspecified atom stereocenters. The SMILES string of the molecule is CCCC(C)C(Br)c1ccc(C(C)C)cc1. The molecule has 0 bridgehead atoms. The lowest BCUT2D eigenvalue weighted by atomic mass is 9.94. The van der Waals surface area contributed by atoms with E-state index < -0.39 is 0 Å². The number of benzene rings is 1.